The van der Waals surface area contributed by atoms with E-state index in [0.717, 1.165) is 4.90 Å². The molecule has 0 saturated heterocycles. The minimum Gasteiger partial charge on any atom is -0.454 e. The van der Waals surface area contributed by atoms with Crippen molar-refractivity contribution in [3.63, 3.8) is 0 Å². The van der Waals surface area contributed by atoms with E-state index in [1.807, 2.05) is 0 Å². The molecule has 6 heteroatoms. The van der Waals surface area contributed by atoms with E-state index in [4.69, 9.17) is 4.74 Å². The molecule has 2 aromatic carbocycles. The lowest BCUT2D eigenvalue weighted by Crippen LogP contribution is -2.29. The number of nitrogens with zero attached hydrogens (tertiary/aromatic N) is 1. The van der Waals surface area contributed by atoms with E-state index in [1.165, 1.54) is 6.92 Å². The normalized spacial score (nSPS) is 12.9. The summed E-state index contributed by atoms with van der Waals surface area (Å²) in [5.74, 6) is -1.59. The van der Waals surface area contributed by atoms with Crippen molar-refractivity contribution in [2.24, 2.45) is 0 Å². The van der Waals surface area contributed by atoms with Crippen LogP contribution in [-0.4, -0.2) is 35.1 Å². The maximum Gasteiger partial charge on any atom is 0.338 e. The first-order valence-electron chi connectivity index (χ1n) is 7.68. The Labute approximate surface area is 144 Å². The molecule has 2 aromatic rings. The molecule has 25 heavy (non-hydrogen) atoms. The van der Waals surface area contributed by atoms with Gasteiger partial charge in [0.2, 0.25) is 0 Å². The average molecular weight is 337 g/mol. The van der Waals surface area contributed by atoms with Crippen molar-refractivity contribution in [3.8, 4) is 0 Å². The number of esters is 1. The first-order chi connectivity index (χ1) is 12.0. The molecular formula is C19H15NO5. The number of amides is 2. The molecule has 2 amide bonds. The van der Waals surface area contributed by atoms with Crippen LogP contribution in [0.25, 0.3) is 0 Å². The molecule has 1 heterocycles. The fourth-order valence-corrected chi connectivity index (χ4v) is 2.61. The number of imide groups is 1. The van der Waals surface area contributed by atoms with Crippen LogP contribution in [0.3, 0.4) is 0 Å². The van der Waals surface area contributed by atoms with Crippen LogP contribution in [0.4, 0.5) is 0 Å². The van der Waals surface area contributed by atoms with Crippen molar-refractivity contribution in [1.82, 2.24) is 4.90 Å². The van der Waals surface area contributed by atoms with Gasteiger partial charge in [0.25, 0.3) is 11.8 Å². The summed E-state index contributed by atoms with van der Waals surface area (Å²) in [6, 6.07) is 13.1. The van der Waals surface area contributed by atoms with Gasteiger partial charge >= 0.3 is 5.97 Å². The Bertz CT molecular complexity index is 852. The predicted octanol–water partition coefficient (Wildman–Crippen LogP) is 2.23. The zero-order valence-electron chi connectivity index (χ0n) is 13.5. The summed E-state index contributed by atoms with van der Waals surface area (Å²) < 4.78 is 4.87. The molecule has 0 N–H and O–H groups in total. The molecule has 1 aliphatic heterocycles. The van der Waals surface area contributed by atoms with Gasteiger partial charge in [-0.2, -0.15) is 0 Å². The Morgan fingerprint density at radius 2 is 1.60 bits per heavy atom. The highest BCUT2D eigenvalue weighted by molar-refractivity contribution is 6.21. The number of benzene rings is 2. The second-order valence-electron chi connectivity index (χ2n) is 5.72. The summed E-state index contributed by atoms with van der Waals surface area (Å²) >= 11 is 0. The smallest absolute Gasteiger partial charge is 0.338 e. The van der Waals surface area contributed by atoms with Crippen molar-refractivity contribution < 1.29 is 23.9 Å². The van der Waals surface area contributed by atoms with Gasteiger partial charge in [-0.05, 0) is 36.8 Å². The number of rotatable bonds is 5. The molecule has 0 aromatic heterocycles. The Kier molecular flexibility index (Phi) is 4.43. The molecule has 0 fully saturated rings. The highest BCUT2D eigenvalue weighted by Gasteiger charge is 2.34. The van der Waals surface area contributed by atoms with Gasteiger partial charge in [-0.15, -0.1) is 0 Å². The molecule has 0 radical (unpaired) electrons. The van der Waals surface area contributed by atoms with Gasteiger partial charge in [0, 0.05) is 0 Å². The maximum atomic E-state index is 12.4. The summed E-state index contributed by atoms with van der Waals surface area (Å²) in [6.45, 7) is 1.09. The summed E-state index contributed by atoms with van der Waals surface area (Å²) in [5, 5.41) is 0. The third kappa shape index (κ3) is 3.33. The predicted molar refractivity (Wildman–Crippen MR) is 88.1 cm³/mol. The quantitative estimate of drug-likeness (QED) is 0.617. The zero-order chi connectivity index (χ0) is 18.0. The fourth-order valence-electron chi connectivity index (χ4n) is 2.61. The number of ether oxygens (including phenoxy) is 1. The standard InChI is InChI=1S/C19H15NO5/c1-12(21)11-25-19(24)14-6-4-5-13(9-14)10-20-17(22)15-7-2-3-8-16(15)18(20)23/h2-9H,10-11H2,1H3. The molecule has 3 rings (SSSR count). The van der Waals surface area contributed by atoms with E-state index in [0.29, 0.717) is 16.7 Å². The van der Waals surface area contributed by atoms with Gasteiger partial charge < -0.3 is 4.74 Å². The van der Waals surface area contributed by atoms with Crippen molar-refractivity contribution in [2.45, 2.75) is 13.5 Å². The van der Waals surface area contributed by atoms with E-state index in [2.05, 4.69) is 0 Å². The number of fused-ring (bicyclic) bond motifs is 1. The van der Waals surface area contributed by atoms with Crippen LogP contribution < -0.4 is 0 Å². The zero-order valence-corrected chi connectivity index (χ0v) is 13.5. The van der Waals surface area contributed by atoms with Gasteiger partial charge in [0.1, 0.15) is 6.61 Å². The molecule has 0 bridgehead atoms. The third-order valence-corrected chi connectivity index (χ3v) is 3.79. The number of hydrogen-bond donors (Lipinski definition) is 0. The molecular weight excluding hydrogens is 322 g/mol. The SMILES string of the molecule is CC(=O)COC(=O)c1cccc(CN2C(=O)c3ccccc3C2=O)c1. The first kappa shape index (κ1) is 16.6. The lowest BCUT2D eigenvalue weighted by atomic mass is 10.1. The van der Waals surface area contributed by atoms with E-state index in [1.54, 1.807) is 48.5 Å². The summed E-state index contributed by atoms with van der Waals surface area (Å²) in [7, 11) is 0. The maximum absolute atomic E-state index is 12.4. The summed E-state index contributed by atoms with van der Waals surface area (Å²) in [6.07, 6.45) is 0. The molecule has 0 spiro atoms. The minimum absolute atomic E-state index is 0.0557. The van der Waals surface area contributed by atoms with Gasteiger partial charge in [-0.3, -0.25) is 19.3 Å². The average Bonchev–Trinajstić information content (AvgIpc) is 2.85. The molecule has 1 aliphatic rings. The minimum atomic E-state index is -0.626. The molecule has 0 aliphatic carbocycles. The number of carbonyl (C=O) groups is 4. The largest absolute Gasteiger partial charge is 0.454 e. The highest BCUT2D eigenvalue weighted by atomic mass is 16.5. The second-order valence-corrected chi connectivity index (χ2v) is 5.72. The number of carbonyl (C=O) groups excluding carboxylic acids is 4. The Morgan fingerprint density at radius 3 is 2.20 bits per heavy atom. The monoisotopic (exact) mass is 337 g/mol. The molecule has 0 atom stereocenters. The van der Waals surface area contributed by atoms with Gasteiger partial charge in [0.05, 0.1) is 23.2 Å². The number of hydrogen-bond acceptors (Lipinski definition) is 5. The fraction of sp³-hybridized carbons (Fsp3) is 0.158. The van der Waals surface area contributed by atoms with Gasteiger partial charge in [-0.1, -0.05) is 24.3 Å². The van der Waals surface area contributed by atoms with E-state index >= 15 is 0 Å². The lowest BCUT2D eigenvalue weighted by molar-refractivity contribution is -0.120. The third-order valence-electron chi connectivity index (χ3n) is 3.79. The van der Waals surface area contributed by atoms with Crippen LogP contribution in [0.15, 0.2) is 48.5 Å². The molecule has 6 nitrogen and oxygen atoms in total. The van der Waals surface area contributed by atoms with Crippen LogP contribution in [0, 0.1) is 0 Å². The molecule has 126 valence electrons. The molecule has 0 saturated carbocycles. The van der Waals surface area contributed by atoms with Crippen molar-refractivity contribution in [1.29, 1.82) is 0 Å². The van der Waals surface area contributed by atoms with Crippen molar-refractivity contribution in [2.75, 3.05) is 6.61 Å². The molecule has 0 unspecified atom stereocenters. The number of ketones is 1. The van der Waals surface area contributed by atoms with E-state index < -0.39 is 5.97 Å². The summed E-state index contributed by atoms with van der Waals surface area (Å²) in [4.78, 5) is 48.7. The van der Waals surface area contributed by atoms with Crippen LogP contribution >= 0.6 is 0 Å². The van der Waals surface area contributed by atoms with Crippen molar-refractivity contribution >= 4 is 23.6 Å². The lowest BCUT2D eigenvalue weighted by Gasteiger charge is -2.14. The second kappa shape index (κ2) is 6.68. The van der Waals surface area contributed by atoms with E-state index in [-0.39, 0.29) is 36.3 Å². The Balaban J connectivity index is 1.77. The van der Waals surface area contributed by atoms with Gasteiger partial charge in [-0.25, -0.2) is 4.79 Å². The Morgan fingerprint density at radius 1 is 0.960 bits per heavy atom. The topological polar surface area (TPSA) is 80.8 Å². The van der Waals surface area contributed by atoms with Crippen LogP contribution in [0.5, 0.6) is 0 Å². The van der Waals surface area contributed by atoms with E-state index in [9.17, 15) is 19.2 Å². The van der Waals surface area contributed by atoms with Crippen LogP contribution in [0.2, 0.25) is 0 Å². The number of Topliss-reactive ketones (excluding diaryl/α,β-unsaturated/α-hetero) is 1. The van der Waals surface area contributed by atoms with Crippen LogP contribution in [-0.2, 0) is 16.1 Å². The van der Waals surface area contributed by atoms with Crippen LogP contribution in [0.1, 0.15) is 43.6 Å². The Hall–Kier alpha value is -3.28. The first-order valence-corrected chi connectivity index (χ1v) is 7.68. The summed E-state index contributed by atoms with van der Waals surface area (Å²) in [5.41, 5.74) is 1.64. The van der Waals surface area contributed by atoms with Crippen molar-refractivity contribution in [3.05, 3.63) is 70.8 Å². The van der Waals surface area contributed by atoms with Gasteiger partial charge in [0.15, 0.2) is 5.78 Å². The highest BCUT2D eigenvalue weighted by Crippen LogP contribution is 2.24.